The maximum atomic E-state index is 13.7. The molecule has 4 rings (SSSR count). The molecule has 1 aliphatic heterocycles. The van der Waals surface area contributed by atoms with E-state index in [4.69, 9.17) is 0 Å². The second kappa shape index (κ2) is 10.1. The van der Waals surface area contributed by atoms with Crippen molar-refractivity contribution < 1.29 is 24.3 Å². The van der Waals surface area contributed by atoms with E-state index in [1.54, 1.807) is 43.0 Å². The lowest BCUT2D eigenvalue weighted by Crippen LogP contribution is -2.63. The molecule has 3 aromatic rings. The van der Waals surface area contributed by atoms with E-state index < -0.39 is 11.6 Å². The number of amides is 4. The Morgan fingerprint density at radius 2 is 1.87 bits per heavy atom. The summed E-state index contributed by atoms with van der Waals surface area (Å²) in [4.78, 5) is 41.8. The highest BCUT2D eigenvalue weighted by Gasteiger charge is 2.42. The largest absolute Gasteiger partial charge is 0.352 e. The number of piperazine rings is 1. The third-order valence-corrected chi connectivity index (χ3v) is 8.11. The molecule has 0 saturated carbocycles. The van der Waals surface area contributed by atoms with E-state index in [9.17, 15) is 19.6 Å². The number of nitrogens with zero attached hydrogens (tertiary/aromatic N) is 2. The molecule has 9 nitrogen and oxygen atoms in total. The van der Waals surface area contributed by atoms with E-state index in [0.29, 0.717) is 35.0 Å². The highest BCUT2D eigenvalue weighted by atomic mass is 32.1. The first kappa shape index (κ1) is 27.1. The third kappa shape index (κ3) is 5.35. The quantitative estimate of drug-likeness (QED) is 0.290. The number of hydrogen-bond acceptors (Lipinski definition) is 5. The maximum absolute atomic E-state index is 13.7. The highest BCUT2D eigenvalue weighted by Crippen LogP contribution is 2.38. The summed E-state index contributed by atoms with van der Waals surface area (Å²) in [6.45, 7) is 12.2. The normalized spacial score (nSPS) is 15.1. The molecular formula is C28H34N5O4S+. The second-order valence-corrected chi connectivity index (χ2v) is 12.0. The van der Waals surface area contributed by atoms with Gasteiger partial charge in [0.1, 0.15) is 10.5 Å². The standard InChI is InChI=1S/C28H33N5O4S/c1-17-10-11-18(15-19(17)21-9-7-8-13-33(21)37)30-26(36)31-23-20(16-22(38-23)27(2,3)4)24(34)32-14-12-29-25(35)28(32,5)6/h7-11,13,15-16H,12,14H2,1-6H3,(H3-,29,30,31,34,35,36,37)/p+1. The van der Waals surface area contributed by atoms with Crippen molar-refractivity contribution in [2.24, 2.45) is 0 Å². The van der Waals surface area contributed by atoms with Crippen molar-refractivity contribution in [3.8, 4) is 11.3 Å². The van der Waals surface area contributed by atoms with Gasteiger partial charge in [-0.3, -0.25) is 20.1 Å². The molecule has 38 heavy (non-hydrogen) atoms. The zero-order chi connectivity index (χ0) is 27.8. The van der Waals surface area contributed by atoms with Crippen molar-refractivity contribution in [1.29, 1.82) is 0 Å². The van der Waals surface area contributed by atoms with Crippen molar-refractivity contribution in [1.82, 2.24) is 10.2 Å². The van der Waals surface area contributed by atoms with Crippen molar-refractivity contribution >= 4 is 39.9 Å². The minimum Gasteiger partial charge on any atom is -0.352 e. The molecular weight excluding hydrogens is 502 g/mol. The van der Waals surface area contributed by atoms with Crippen LogP contribution in [0.2, 0.25) is 0 Å². The van der Waals surface area contributed by atoms with E-state index in [-0.39, 0.29) is 17.2 Å². The summed E-state index contributed by atoms with van der Waals surface area (Å²) < 4.78 is 1.03. The van der Waals surface area contributed by atoms with Gasteiger partial charge in [-0.1, -0.05) is 26.8 Å². The van der Waals surface area contributed by atoms with Gasteiger partial charge in [0, 0.05) is 40.5 Å². The van der Waals surface area contributed by atoms with Crippen LogP contribution in [0.5, 0.6) is 0 Å². The Kier molecular flexibility index (Phi) is 7.20. The van der Waals surface area contributed by atoms with Crippen LogP contribution in [0.15, 0.2) is 48.7 Å². The van der Waals surface area contributed by atoms with Crippen LogP contribution in [0.25, 0.3) is 11.3 Å². The Hall–Kier alpha value is -3.92. The number of thiophene rings is 1. The number of rotatable bonds is 4. The number of hydrogen-bond donors (Lipinski definition) is 4. The van der Waals surface area contributed by atoms with Crippen LogP contribution >= 0.6 is 11.3 Å². The molecule has 1 saturated heterocycles. The lowest BCUT2D eigenvalue weighted by Gasteiger charge is -2.41. The van der Waals surface area contributed by atoms with Gasteiger partial charge in [-0.15, -0.1) is 11.3 Å². The van der Waals surface area contributed by atoms with Gasteiger partial charge in [0.25, 0.3) is 11.6 Å². The van der Waals surface area contributed by atoms with Crippen molar-refractivity contribution in [3.05, 3.63) is 64.7 Å². The molecule has 0 atom stereocenters. The Balaban J connectivity index is 1.62. The summed E-state index contributed by atoms with van der Waals surface area (Å²) in [7, 11) is 0. The Morgan fingerprint density at radius 3 is 2.55 bits per heavy atom. The average molecular weight is 537 g/mol. The van der Waals surface area contributed by atoms with Gasteiger partial charge < -0.3 is 15.5 Å². The lowest BCUT2D eigenvalue weighted by molar-refractivity contribution is -0.896. The minimum absolute atomic E-state index is 0.214. The summed E-state index contributed by atoms with van der Waals surface area (Å²) in [5.74, 6) is -0.519. The lowest BCUT2D eigenvalue weighted by atomic mass is 9.93. The van der Waals surface area contributed by atoms with Crippen LogP contribution in [0.3, 0.4) is 0 Å². The molecule has 0 spiro atoms. The fraction of sp³-hybridized carbons (Fsp3) is 0.357. The zero-order valence-corrected chi connectivity index (χ0v) is 23.3. The van der Waals surface area contributed by atoms with Crippen molar-refractivity contribution in [3.63, 3.8) is 0 Å². The monoisotopic (exact) mass is 536 g/mol. The number of aromatic nitrogens is 1. The average Bonchev–Trinajstić information content (AvgIpc) is 3.26. The van der Waals surface area contributed by atoms with Crippen LogP contribution in [0, 0.1) is 6.92 Å². The zero-order valence-electron chi connectivity index (χ0n) is 22.5. The van der Waals surface area contributed by atoms with Gasteiger partial charge in [0.05, 0.1) is 11.1 Å². The first-order chi connectivity index (χ1) is 17.8. The molecule has 1 fully saturated rings. The molecule has 2 aromatic heterocycles. The smallest absolute Gasteiger partial charge is 0.324 e. The Morgan fingerprint density at radius 1 is 1.13 bits per heavy atom. The number of urea groups is 1. The molecule has 0 bridgehead atoms. The summed E-state index contributed by atoms with van der Waals surface area (Å²) in [5, 5.41) is 19.2. The molecule has 0 radical (unpaired) electrons. The van der Waals surface area contributed by atoms with Crippen LogP contribution in [0.4, 0.5) is 15.5 Å². The molecule has 3 heterocycles. The molecule has 1 aromatic carbocycles. The number of nitrogens with one attached hydrogen (secondary N) is 3. The molecule has 10 heteroatoms. The van der Waals surface area contributed by atoms with Gasteiger partial charge in [0.2, 0.25) is 12.1 Å². The fourth-order valence-electron chi connectivity index (χ4n) is 4.30. The van der Waals surface area contributed by atoms with Crippen LogP contribution in [-0.4, -0.2) is 46.6 Å². The first-order valence-corrected chi connectivity index (χ1v) is 13.2. The maximum Gasteiger partial charge on any atom is 0.324 e. The Bertz CT molecular complexity index is 1410. The number of anilines is 2. The van der Waals surface area contributed by atoms with Crippen LogP contribution < -0.4 is 20.7 Å². The second-order valence-electron chi connectivity index (χ2n) is 10.9. The summed E-state index contributed by atoms with van der Waals surface area (Å²) in [6, 6.07) is 12.1. The molecule has 200 valence electrons. The predicted molar refractivity (Wildman–Crippen MR) is 148 cm³/mol. The molecule has 0 aliphatic carbocycles. The molecule has 0 unspecified atom stereocenters. The first-order valence-electron chi connectivity index (χ1n) is 12.4. The topological polar surface area (TPSA) is 115 Å². The highest BCUT2D eigenvalue weighted by molar-refractivity contribution is 7.16. The Labute approximate surface area is 226 Å². The van der Waals surface area contributed by atoms with Crippen LogP contribution in [0.1, 0.15) is 55.4 Å². The van der Waals surface area contributed by atoms with Crippen molar-refractivity contribution in [2.75, 3.05) is 23.7 Å². The molecule has 1 aliphatic rings. The van der Waals surface area contributed by atoms with E-state index in [2.05, 4.69) is 16.0 Å². The molecule has 4 amide bonds. The van der Waals surface area contributed by atoms with Gasteiger partial charge >= 0.3 is 6.03 Å². The van der Waals surface area contributed by atoms with Crippen molar-refractivity contribution in [2.45, 2.75) is 52.5 Å². The third-order valence-electron chi connectivity index (χ3n) is 6.64. The van der Waals surface area contributed by atoms with Gasteiger partial charge in [-0.05, 0) is 56.0 Å². The number of pyridine rings is 1. The van der Waals surface area contributed by atoms with Gasteiger partial charge in [-0.25, -0.2) is 4.79 Å². The van der Waals surface area contributed by atoms with E-state index in [1.807, 2.05) is 45.9 Å². The summed E-state index contributed by atoms with van der Waals surface area (Å²) >= 11 is 1.35. The van der Waals surface area contributed by atoms with Crippen LogP contribution in [-0.2, 0) is 10.2 Å². The fourth-order valence-corrected chi connectivity index (χ4v) is 5.40. The van der Waals surface area contributed by atoms with E-state index in [1.165, 1.54) is 17.5 Å². The minimum atomic E-state index is -1.02. The number of benzene rings is 1. The van der Waals surface area contributed by atoms with E-state index >= 15 is 0 Å². The summed E-state index contributed by atoms with van der Waals surface area (Å²) in [6.07, 6.45) is 1.54. The van der Waals surface area contributed by atoms with Gasteiger partial charge in [0.15, 0.2) is 0 Å². The number of carbonyl (C=O) groups excluding carboxylic acids is 3. The predicted octanol–water partition coefficient (Wildman–Crippen LogP) is 4.54. The molecule has 4 N–H and O–H groups in total. The number of carbonyl (C=O) groups is 3. The van der Waals surface area contributed by atoms with Gasteiger partial charge in [-0.2, -0.15) is 0 Å². The van der Waals surface area contributed by atoms with E-state index in [0.717, 1.165) is 20.7 Å². The SMILES string of the molecule is Cc1ccc(NC(=O)Nc2sc(C(C)(C)C)cc2C(=O)N2CCNC(=O)C2(C)C)cc1-c1cccc[n+]1O. The number of aryl methyl sites for hydroxylation is 1. The summed E-state index contributed by atoms with van der Waals surface area (Å²) in [5.41, 5.74) is 1.90.